The maximum atomic E-state index is 14.0. The average molecular weight is 216 g/mol. The first-order valence-electron chi connectivity index (χ1n) is 6.01. The molecule has 88 valence electrons. The summed E-state index contributed by atoms with van der Waals surface area (Å²) in [6, 6.07) is 0. The smallest absolute Gasteiger partial charge is 0.116 e. The molecule has 0 aromatic heterocycles. The predicted octanol–water partition coefficient (Wildman–Crippen LogP) is 0.656. The predicted molar refractivity (Wildman–Crippen MR) is 57.7 cm³/mol. The van der Waals surface area contributed by atoms with Gasteiger partial charge in [0.25, 0.3) is 0 Å². The van der Waals surface area contributed by atoms with E-state index in [1.807, 2.05) is 0 Å². The van der Waals surface area contributed by atoms with Crippen LogP contribution >= 0.6 is 0 Å². The zero-order chi connectivity index (χ0) is 10.5. The van der Waals surface area contributed by atoms with E-state index in [0.717, 1.165) is 52.2 Å². The van der Waals surface area contributed by atoms with Crippen molar-refractivity contribution >= 4 is 0 Å². The molecule has 2 saturated heterocycles. The second-order valence-electron chi connectivity index (χ2n) is 4.52. The van der Waals surface area contributed by atoms with Crippen molar-refractivity contribution in [3.05, 3.63) is 0 Å². The van der Waals surface area contributed by atoms with Crippen molar-refractivity contribution in [2.24, 2.45) is 5.92 Å². The highest BCUT2D eigenvalue weighted by molar-refractivity contribution is 4.78. The van der Waals surface area contributed by atoms with E-state index in [0.29, 0.717) is 6.54 Å². The highest BCUT2D eigenvalue weighted by Gasteiger charge is 2.25. The number of morpholine rings is 1. The topological polar surface area (TPSA) is 24.5 Å². The Balaban J connectivity index is 1.72. The number of hydrogen-bond donors (Lipinski definition) is 1. The van der Waals surface area contributed by atoms with Gasteiger partial charge in [0.1, 0.15) is 6.17 Å². The molecule has 0 aromatic rings. The zero-order valence-corrected chi connectivity index (χ0v) is 9.25. The SMILES string of the molecule is FC(CN1CCOCC1)C1CCNCC1. The molecule has 0 amide bonds. The first-order valence-corrected chi connectivity index (χ1v) is 6.01. The molecule has 0 aromatic carbocycles. The number of alkyl halides is 1. The van der Waals surface area contributed by atoms with E-state index in [9.17, 15) is 4.39 Å². The van der Waals surface area contributed by atoms with Crippen LogP contribution < -0.4 is 5.32 Å². The van der Waals surface area contributed by atoms with Gasteiger partial charge in [-0.05, 0) is 31.8 Å². The zero-order valence-electron chi connectivity index (χ0n) is 9.25. The van der Waals surface area contributed by atoms with Crippen LogP contribution in [0.15, 0.2) is 0 Å². The van der Waals surface area contributed by atoms with E-state index in [1.54, 1.807) is 0 Å². The summed E-state index contributed by atoms with van der Waals surface area (Å²) in [6.07, 6.45) is 1.34. The molecular weight excluding hydrogens is 195 g/mol. The van der Waals surface area contributed by atoms with E-state index >= 15 is 0 Å². The number of nitrogens with one attached hydrogen (secondary N) is 1. The minimum atomic E-state index is -0.648. The highest BCUT2D eigenvalue weighted by atomic mass is 19.1. The van der Waals surface area contributed by atoms with Crippen molar-refractivity contribution in [1.82, 2.24) is 10.2 Å². The molecule has 0 spiro atoms. The summed E-state index contributed by atoms with van der Waals surface area (Å²) in [7, 11) is 0. The van der Waals surface area contributed by atoms with Gasteiger partial charge in [-0.15, -0.1) is 0 Å². The minimum absolute atomic E-state index is 0.272. The number of nitrogens with zero attached hydrogens (tertiary/aromatic N) is 1. The summed E-state index contributed by atoms with van der Waals surface area (Å²) in [4.78, 5) is 2.19. The maximum absolute atomic E-state index is 14.0. The third-order valence-electron chi connectivity index (χ3n) is 3.43. The standard InChI is InChI=1S/C11H21FN2O/c12-11(10-1-3-13-4-2-10)9-14-5-7-15-8-6-14/h10-11,13H,1-9H2. The lowest BCUT2D eigenvalue weighted by atomic mass is 9.93. The number of halogens is 1. The van der Waals surface area contributed by atoms with Crippen LogP contribution in [0.5, 0.6) is 0 Å². The van der Waals surface area contributed by atoms with Gasteiger partial charge in [0.15, 0.2) is 0 Å². The van der Waals surface area contributed by atoms with Crippen molar-refractivity contribution in [2.45, 2.75) is 19.0 Å². The Morgan fingerprint density at radius 3 is 2.60 bits per heavy atom. The van der Waals surface area contributed by atoms with E-state index in [4.69, 9.17) is 4.74 Å². The number of piperidine rings is 1. The molecule has 2 aliphatic rings. The first kappa shape index (κ1) is 11.3. The summed E-state index contributed by atoms with van der Waals surface area (Å²) in [5, 5.41) is 3.27. The molecule has 0 aliphatic carbocycles. The van der Waals surface area contributed by atoms with Crippen LogP contribution in [-0.2, 0) is 4.74 Å². The molecule has 1 unspecified atom stereocenters. The van der Waals surface area contributed by atoms with Crippen molar-refractivity contribution in [1.29, 1.82) is 0 Å². The molecule has 0 saturated carbocycles. The number of ether oxygens (including phenoxy) is 1. The second-order valence-corrected chi connectivity index (χ2v) is 4.52. The molecule has 0 radical (unpaired) electrons. The Hall–Kier alpha value is -0.190. The summed E-state index contributed by atoms with van der Waals surface area (Å²) in [5.41, 5.74) is 0. The Bertz CT molecular complexity index is 179. The average Bonchev–Trinajstić information content (AvgIpc) is 2.31. The Morgan fingerprint density at radius 1 is 1.27 bits per heavy atom. The van der Waals surface area contributed by atoms with Crippen molar-refractivity contribution < 1.29 is 9.13 Å². The van der Waals surface area contributed by atoms with Crippen LogP contribution in [0.2, 0.25) is 0 Å². The molecule has 15 heavy (non-hydrogen) atoms. The molecule has 2 rings (SSSR count). The van der Waals surface area contributed by atoms with Crippen molar-refractivity contribution in [3.63, 3.8) is 0 Å². The van der Waals surface area contributed by atoms with Gasteiger partial charge in [0.05, 0.1) is 13.2 Å². The maximum Gasteiger partial charge on any atom is 0.116 e. The second kappa shape index (κ2) is 5.77. The molecule has 4 heteroatoms. The quantitative estimate of drug-likeness (QED) is 0.750. The van der Waals surface area contributed by atoms with E-state index in [1.165, 1.54) is 0 Å². The normalized spacial score (nSPS) is 27.8. The van der Waals surface area contributed by atoms with Crippen molar-refractivity contribution in [2.75, 3.05) is 45.9 Å². The van der Waals surface area contributed by atoms with Crippen LogP contribution in [0.25, 0.3) is 0 Å². The summed E-state index contributed by atoms with van der Waals surface area (Å²) in [6.45, 7) is 5.88. The van der Waals surface area contributed by atoms with Gasteiger partial charge < -0.3 is 10.1 Å². The van der Waals surface area contributed by atoms with Gasteiger partial charge in [-0.2, -0.15) is 0 Å². The van der Waals surface area contributed by atoms with E-state index < -0.39 is 6.17 Å². The molecule has 1 N–H and O–H groups in total. The molecule has 3 nitrogen and oxygen atoms in total. The Morgan fingerprint density at radius 2 is 1.93 bits per heavy atom. The summed E-state index contributed by atoms with van der Waals surface area (Å²) < 4.78 is 19.2. The Kier molecular flexibility index (Phi) is 4.35. The molecule has 1 atom stereocenters. The lowest BCUT2D eigenvalue weighted by Crippen LogP contribution is -2.43. The lowest BCUT2D eigenvalue weighted by Gasteiger charge is -2.32. The van der Waals surface area contributed by atoms with Crippen LogP contribution in [0.3, 0.4) is 0 Å². The van der Waals surface area contributed by atoms with Gasteiger partial charge in [-0.25, -0.2) is 4.39 Å². The van der Waals surface area contributed by atoms with Crippen LogP contribution in [0, 0.1) is 5.92 Å². The van der Waals surface area contributed by atoms with Gasteiger partial charge in [-0.3, -0.25) is 4.90 Å². The Labute approximate surface area is 91.0 Å². The monoisotopic (exact) mass is 216 g/mol. The molecule has 0 bridgehead atoms. The fraction of sp³-hybridized carbons (Fsp3) is 1.00. The molecule has 2 aliphatic heterocycles. The molecule has 2 fully saturated rings. The van der Waals surface area contributed by atoms with E-state index in [-0.39, 0.29) is 5.92 Å². The number of rotatable bonds is 3. The van der Waals surface area contributed by atoms with Crippen LogP contribution in [0.1, 0.15) is 12.8 Å². The van der Waals surface area contributed by atoms with Crippen LogP contribution in [0.4, 0.5) is 4.39 Å². The fourth-order valence-corrected chi connectivity index (χ4v) is 2.39. The highest BCUT2D eigenvalue weighted by Crippen LogP contribution is 2.20. The fourth-order valence-electron chi connectivity index (χ4n) is 2.39. The van der Waals surface area contributed by atoms with Crippen LogP contribution in [-0.4, -0.2) is 57.0 Å². The lowest BCUT2D eigenvalue weighted by molar-refractivity contribution is 0.0181. The largest absolute Gasteiger partial charge is 0.379 e. The summed E-state index contributed by atoms with van der Waals surface area (Å²) >= 11 is 0. The molecule has 2 heterocycles. The van der Waals surface area contributed by atoms with Gasteiger partial charge in [0, 0.05) is 19.6 Å². The van der Waals surface area contributed by atoms with Crippen molar-refractivity contribution in [3.8, 4) is 0 Å². The van der Waals surface area contributed by atoms with E-state index in [2.05, 4.69) is 10.2 Å². The first-order chi connectivity index (χ1) is 7.36. The minimum Gasteiger partial charge on any atom is -0.379 e. The van der Waals surface area contributed by atoms with Gasteiger partial charge in [0.2, 0.25) is 0 Å². The summed E-state index contributed by atoms with van der Waals surface area (Å²) in [5.74, 6) is 0.272. The third-order valence-corrected chi connectivity index (χ3v) is 3.43. The number of hydrogen-bond acceptors (Lipinski definition) is 3. The molecular formula is C11H21FN2O. The third kappa shape index (κ3) is 3.40. The van der Waals surface area contributed by atoms with Gasteiger partial charge >= 0.3 is 0 Å². The van der Waals surface area contributed by atoms with Gasteiger partial charge in [-0.1, -0.05) is 0 Å².